The van der Waals surface area contributed by atoms with Gasteiger partial charge in [-0.25, -0.2) is 0 Å². The minimum atomic E-state index is -0.278. The lowest BCUT2D eigenvalue weighted by molar-refractivity contribution is 0.305. The highest BCUT2D eigenvalue weighted by Gasteiger charge is 2.18. The zero-order chi connectivity index (χ0) is 19.9. The van der Waals surface area contributed by atoms with Gasteiger partial charge in [0.15, 0.2) is 0 Å². The zero-order valence-corrected chi connectivity index (χ0v) is 17.2. The molecule has 1 heterocycles. The van der Waals surface area contributed by atoms with Gasteiger partial charge in [0.05, 0.1) is 5.36 Å². The molecule has 0 atom stereocenters. The van der Waals surface area contributed by atoms with Gasteiger partial charge in [-0.2, -0.15) is 0 Å². The average Bonchev–Trinajstić information content (AvgIpc) is 2.57. The number of nitrogens with zero attached hydrogens (tertiary/aromatic N) is 1. The summed E-state index contributed by atoms with van der Waals surface area (Å²) in [6, 6.07) is 8.41. The predicted molar refractivity (Wildman–Crippen MR) is 114 cm³/mol. The highest BCUT2D eigenvalue weighted by Crippen LogP contribution is 2.34. The molecule has 3 aromatic rings. The lowest BCUT2D eigenvalue weighted by Gasteiger charge is -2.17. The molecule has 0 fully saturated rings. The quantitative estimate of drug-likeness (QED) is 0.697. The van der Waals surface area contributed by atoms with E-state index in [0.29, 0.717) is 0 Å². The lowest BCUT2D eigenvalue weighted by Crippen LogP contribution is -2.40. The van der Waals surface area contributed by atoms with Crippen molar-refractivity contribution in [2.75, 3.05) is 6.73 Å². The fraction of sp³-hybridized carbons (Fsp3) is 0.375. The van der Waals surface area contributed by atoms with Crippen LogP contribution in [0.5, 0.6) is 0 Å². The summed E-state index contributed by atoms with van der Waals surface area (Å²) in [7, 11) is 0. The molecule has 3 rings (SSSR count). The Hall–Kier alpha value is -2.39. The molecule has 1 aromatic heterocycles. The Bertz CT molecular complexity index is 1190. The van der Waals surface area contributed by atoms with E-state index in [-0.39, 0.29) is 18.1 Å². The second-order valence-electron chi connectivity index (χ2n) is 8.55. The minimum Gasteiger partial charge on any atom is -0.456 e. The normalized spacial score (nSPS) is 14.1. The molecule has 3 nitrogen and oxygen atoms in total. The van der Waals surface area contributed by atoms with Crippen molar-refractivity contribution in [3.63, 3.8) is 0 Å². The largest absolute Gasteiger partial charge is 0.456 e. The summed E-state index contributed by atoms with van der Waals surface area (Å²) in [4.78, 5) is 4.41. The fourth-order valence-corrected chi connectivity index (χ4v) is 3.77. The molecule has 0 amide bonds. The third-order valence-electron chi connectivity index (χ3n) is 4.87. The second kappa shape index (κ2) is 6.97. The highest BCUT2D eigenvalue weighted by molar-refractivity contribution is 6.03. The van der Waals surface area contributed by atoms with Gasteiger partial charge in [0.2, 0.25) is 0 Å². The van der Waals surface area contributed by atoms with Crippen LogP contribution < -0.4 is 16.0 Å². The molecular weight excluding hydrogens is 334 g/mol. The standard InChI is InChI=1S/C24H29NO2/c1-14(2)20-18-11-9-8-10-17(18)15(3)21-22(25-13-26)16(4)19(27-23(20)21)12-24(5,6)7/h8-12,14,26H,4,13H2,1-3,5-7H3/b19-12+,25-22?. The number of fused-ring (bicyclic) bond motifs is 2. The molecule has 0 bridgehead atoms. The van der Waals surface area contributed by atoms with Crippen LogP contribution in [0.4, 0.5) is 0 Å². The Labute approximate surface area is 160 Å². The average molecular weight is 364 g/mol. The molecule has 27 heavy (non-hydrogen) atoms. The fourth-order valence-electron chi connectivity index (χ4n) is 3.77. The van der Waals surface area contributed by atoms with Crippen molar-refractivity contribution >= 4 is 34.4 Å². The van der Waals surface area contributed by atoms with Gasteiger partial charge in [-0.1, -0.05) is 65.5 Å². The third kappa shape index (κ3) is 3.44. The summed E-state index contributed by atoms with van der Waals surface area (Å²) in [6.45, 7) is 16.8. The van der Waals surface area contributed by atoms with Gasteiger partial charge in [-0.05, 0) is 40.7 Å². The number of rotatable bonds is 2. The smallest absolute Gasteiger partial charge is 0.141 e. The second-order valence-corrected chi connectivity index (χ2v) is 8.55. The van der Waals surface area contributed by atoms with Crippen LogP contribution in [0.15, 0.2) is 33.7 Å². The number of aliphatic hydroxyl groups is 1. The van der Waals surface area contributed by atoms with E-state index in [9.17, 15) is 5.11 Å². The van der Waals surface area contributed by atoms with Crippen LogP contribution in [-0.4, -0.2) is 11.8 Å². The first kappa shape index (κ1) is 19.4. The first-order valence-electron chi connectivity index (χ1n) is 9.47. The van der Waals surface area contributed by atoms with E-state index in [4.69, 9.17) is 4.42 Å². The number of aryl methyl sites for hydroxylation is 1. The first-order valence-corrected chi connectivity index (χ1v) is 9.47. The summed E-state index contributed by atoms with van der Waals surface area (Å²) in [5.74, 6) is 0.280. The van der Waals surface area contributed by atoms with E-state index in [1.165, 1.54) is 16.3 Å². The topological polar surface area (TPSA) is 45.7 Å². The molecule has 0 unspecified atom stereocenters. The van der Waals surface area contributed by atoms with Crippen LogP contribution in [-0.2, 0) is 0 Å². The zero-order valence-electron chi connectivity index (χ0n) is 17.2. The van der Waals surface area contributed by atoms with E-state index in [1.54, 1.807) is 0 Å². The van der Waals surface area contributed by atoms with Crippen molar-refractivity contribution in [2.45, 2.75) is 47.5 Å². The van der Waals surface area contributed by atoms with Gasteiger partial charge >= 0.3 is 0 Å². The molecule has 0 spiro atoms. The van der Waals surface area contributed by atoms with Gasteiger partial charge in [0, 0.05) is 16.2 Å². The Morgan fingerprint density at radius 3 is 2.37 bits per heavy atom. The number of hydrogen-bond donors (Lipinski definition) is 1. The molecule has 142 valence electrons. The van der Waals surface area contributed by atoms with Crippen LogP contribution in [0.25, 0.3) is 34.4 Å². The molecule has 0 saturated heterocycles. The summed E-state index contributed by atoms with van der Waals surface area (Å²) in [5.41, 5.74) is 3.77. The monoisotopic (exact) mass is 363 g/mol. The van der Waals surface area contributed by atoms with Crippen LogP contribution >= 0.6 is 0 Å². The maximum absolute atomic E-state index is 9.57. The molecule has 0 radical (unpaired) electrons. The minimum absolute atomic E-state index is 0.0655. The number of hydrogen-bond acceptors (Lipinski definition) is 3. The van der Waals surface area contributed by atoms with Crippen molar-refractivity contribution in [3.8, 4) is 0 Å². The predicted octanol–water partition coefficient (Wildman–Crippen LogP) is 4.11. The summed E-state index contributed by atoms with van der Waals surface area (Å²) in [6.07, 6.45) is 2.08. The molecule has 1 N–H and O–H groups in total. The highest BCUT2D eigenvalue weighted by atomic mass is 16.3. The van der Waals surface area contributed by atoms with E-state index in [2.05, 4.69) is 83.5 Å². The van der Waals surface area contributed by atoms with Crippen molar-refractivity contribution < 1.29 is 9.52 Å². The SMILES string of the molecule is C=c1c(=NCO)c2c(C)c3ccccc3c(C(C)C)c2o/c1=C/C(C)(C)C. The third-order valence-corrected chi connectivity index (χ3v) is 4.87. The number of benzene rings is 2. The van der Waals surface area contributed by atoms with Crippen LogP contribution in [0, 0.1) is 12.3 Å². The van der Waals surface area contributed by atoms with Gasteiger partial charge in [-0.15, -0.1) is 0 Å². The van der Waals surface area contributed by atoms with Crippen molar-refractivity contribution in [3.05, 3.63) is 51.4 Å². The Kier molecular flexibility index (Phi) is 5.00. The summed E-state index contributed by atoms with van der Waals surface area (Å²) in [5, 5.41) is 14.4. The number of aliphatic hydroxyl groups excluding tert-OH is 1. The van der Waals surface area contributed by atoms with E-state index in [1.807, 2.05) is 0 Å². The van der Waals surface area contributed by atoms with E-state index >= 15 is 0 Å². The summed E-state index contributed by atoms with van der Waals surface area (Å²) >= 11 is 0. The Balaban J connectivity index is 2.74. The maximum atomic E-state index is 9.57. The van der Waals surface area contributed by atoms with Gasteiger partial charge in [0.1, 0.15) is 17.7 Å². The van der Waals surface area contributed by atoms with Gasteiger partial charge in [0.25, 0.3) is 0 Å². The molecule has 3 heteroatoms. The molecule has 0 saturated carbocycles. The molecule has 2 aromatic carbocycles. The van der Waals surface area contributed by atoms with Crippen molar-refractivity contribution in [1.82, 2.24) is 0 Å². The molecular formula is C24H29NO2. The molecule has 0 aliphatic rings. The molecule has 0 aliphatic heterocycles. The Morgan fingerprint density at radius 2 is 1.81 bits per heavy atom. The molecule has 0 aliphatic carbocycles. The van der Waals surface area contributed by atoms with Gasteiger partial charge < -0.3 is 9.52 Å². The van der Waals surface area contributed by atoms with Crippen LogP contribution in [0.1, 0.15) is 51.7 Å². The first-order chi connectivity index (χ1) is 12.7. The lowest BCUT2D eigenvalue weighted by atomic mass is 9.90. The van der Waals surface area contributed by atoms with E-state index in [0.717, 1.165) is 32.5 Å². The summed E-state index contributed by atoms with van der Waals surface area (Å²) < 4.78 is 6.48. The maximum Gasteiger partial charge on any atom is 0.141 e. The Morgan fingerprint density at radius 1 is 1.19 bits per heavy atom. The van der Waals surface area contributed by atoms with Crippen LogP contribution in [0.2, 0.25) is 0 Å². The van der Waals surface area contributed by atoms with E-state index < -0.39 is 0 Å². The van der Waals surface area contributed by atoms with Gasteiger partial charge in [-0.3, -0.25) is 4.99 Å². The van der Waals surface area contributed by atoms with Crippen molar-refractivity contribution in [2.24, 2.45) is 10.4 Å². The van der Waals surface area contributed by atoms with Crippen LogP contribution in [0.3, 0.4) is 0 Å². The van der Waals surface area contributed by atoms with Crippen molar-refractivity contribution in [1.29, 1.82) is 0 Å².